The predicted octanol–water partition coefficient (Wildman–Crippen LogP) is 3.89. The van der Waals surface area contributed by atoms with Gasteiger partial charge < -0.3 is 9.88 Å². The summed E-state index contributed by atoms with van der Waals surface area (Å²) in [5, 5.41) is 20.9. The van der Waals surface area contributed by atoms with Gasteiger partial charge in [0.2, 0.25) is 5.91 Å². The fourth-order valence-electron chi connectivity index (χ4n) is 3.33. The van der Waals surface area contributed by atoms with Gasteiger partial charge in [-0.05, 0) is 37.5 Å². The van der Waals surface area contributed by atoms with Crippen LogP contribution in [0.1, 0.15) is 49.5 Å². The Morgan fingerprint density at radius 3 is 2.69 bits per heavy atom. The Hall–Kier alpha value is -2.33. The van der Waals surface area contributed by atoms with Gasteiger partial charge in [-0.3, -0.25) is 4.79 Å². The molecule has 0 spiro atoms. The first-order valence-electron chi connectivity index (χ1n) is 8.97. The first-order valence-corrected chi connectivity index (χ1v) is 9.96. The number of nitrogens with one attached hydrogen (secondary N) is 1. The van der Waals surface area contributed by atoms with Crippen LogP contribution in [0.25, 0.3) is 0 Å². The van der Waals surface area contributed by atoms with Gasteiger partial charge in [0.15, 0.2) is 5.16 Å². The highest BCUT2D eigenvalue weighted by molar-refractivity contribution is 7.99. The fraction of sp³-hybridized carbons (Fsp3) is 0.474. The van der Waals surface area contributed by atoms with Crippen molar-refractivity contribution in [3.63, 3.8) is 0 Å². The summed E-state index contributed by atoms with van der Waals surface area (Å²) < 4.78 is 2.20. The number of carbonyl (C=O) groups excluding carboxylic acids is 1. The summed E-state index contributed by atoms with van der Waals surface area (Å²) in [6, 6.07) is 9.93. The molecule has 1 saturated carbocycles. The average molecular weight is 369 g/mol. The molecule has 0 bridgehead atoms. The van der Waals surface area contributed by atoms with Gasteiger partial charge in [0.25, 0.3) is 0 Å². The van der Waals surface area contributed by atoms with Crippen LogP contribution in [0.15, 0.2) is 29.4 Å². The highest BCUT2D eigenvalue weighted by Crippen LogP contribution is 2.32. The molecule has 1 aliphatic rings. The van der Waals surface area contributed by atoms with Crippen LogP contribution in [0.3, 0.4) is 0 Å². The standard InChI is InChI=1S/C19H23N5OS/c1-14-22-23-19(24(14)17-5-3-2-4-6-17)26-13-18(25)21-16-9-7-15(8-10-16)11-12-20/h7-10,17H,2-6,11,13H2,1H3,(H,21,25). The lowest BCUT2D eigenvalue weighted by molar-refractivity contribution is -0.113. The van der Waals surface area contributed by atoms with Crippen molar-refractivity contribution in [2.24, 2.45) is 0 Å². The number of benzene rings is 1. The van der Waals surface area contributed by atoms with Crippen molar-refractivity contribution >= 4 is 23.4 Å². The molecule has 0 saturated heterocycles. The molecule has 0 radical (unpaired) electrons. The Labute approximate surface area is 158 Å². The van der Waals surface area contributed by atoms with E-state index in [-0.39, 0.29) is 5.91 Å². The van der Waals surface area contributed by atoms with E-state index in [0.29, 0.717) is 18.2 Å². The number of hydrogen-bond acceptors (Lipinski definition) is 5. The van der Waals surface area contributed by atoms with Gasteiger partial charge in [0, 0.05) is 11.7 Å². The van der Waals surface area contributed by atoms with E-state index in [2.05, 4.69) is 26.2 Å². The normalized spacial score (nSPS) is 14.8. The molecule has 1 amide bonds. The van der Waals surface area contributed by atoms with Crippen molar-refractivity contribution in [2.75, 3.05) is 11.1 Å². The monoisotopic (exact) mass is 369 g/mol. The van der Waals surface area contributed by atoms with E-state index in [9.17, 15) is 4.79 Å². The molecule has 1 aliphatic carbocycles. The van der Waals surface area contributed by atoms with E-state index in [1.54, 1.807) is 0 Å². The third kappa shape index (κ3) is 4.64. The summed E-state index contributed by atoms with van der Waals surface area (Å²) in [6.07, 6.45) is 6.49. The third-order valence-electron chi connectivity index (χ3n) is 4.63. The minimum atomic E-state index is -0.0705. The van der Waals surface area contributed by atoms with E-state index in [0.717, 1.165) is 35.1 Å². The van der Waals surface area contributed by atoms with Gasteiger partial charge in [-0.25, -0.2) is 0 Å². The van der Waals surface area contributed by atoms with Crippen molar-refractivity contribution < 1.29 is 4.79 Å². The summed E-state index contributed by atoms with van der Waals surface area (Å²) in [5.74, 6) is 1.15. The minimum Gasteiger partial charge on any atom is -0.325 e. The van der Waals surface area contributed by atoms with Crippen LogP contribution in [0.5, 0.6) is 0 Å². The molecule has 0 unspecified atom stereocenters. The highest BCUT2D eigenvalue weighted by Gasteiger charge is 2.21. The zero-order valence-electron chi connectivity index (χ0n) is 14.9. The second kappa shape index (κ2) is 8.86. The number of anilines is 1. The van der Waals surface area contributed by atoms with Crippen LogP contribution in [0.4, 0.5) is 5.69 Å². The number of nitrogens with zero attached hydrogens (tertiary/aromatic N) is 4. The molecule has 1 fully saturated rings. The van der Waals surface area contributed by atoms with Crippen LogP contribution in [-0.4, -0.2) is 26.4 Å². The Balaban J connectivity index is 1.57. The number of amides is 1. The van der Waals surface area contributed by atoms with Crippen molar-refractivity contribution in [3.05, 3.63) is 35.7 Å². The van der Waals surface area contributed by atoms with E-state index >= 15 is 0 Å². The number of hydrogen-bond donors (Lipinski definition) is 1. The maximum atomic E-state index is 12.2. The van der Waals surface area contributed by atoms with Crippen molar-refractivity contribution in [1.82, 2.24) is 14.8 Å². The topological polar surface area (TPSA) is 83.6 Å². The summed E-state index contributed by atoms with van der Waals surface area (Å²) in [7, 11) is 0. The van der Waals surface area contributed by atoms with E-state index in [1.165, 1.54) is 31.0 Å². The summed E-state index contributed by atoms with van der Waals surface area (Å²) >= 11 is 1.43. The molecule has 0 aliphatic heterocycles. The van der Waals surface area contributed by atoms with E-state index in [1.807, 2.05) is 31.2 Å². The maximum absolute atomic E-state index is 12.2. The van der Waals surface area contributed by atoms with Crippen molar-refractivity contribution in [1.29, 1.82) is 5.26 Å². The van der Waals surface area contributed by atoms with Crippen LogP contribution in [-0.2, 0) is 11.2 Å². The molecule has 1 heterocycles. The molecule has 136 valence electrons. The third-order valence-corrected chi connectivity index (χ3v) is 5.57. The average Bonchev–Trinajstić information content (AvgIpc) is 3.03. The summed E-state index contributed by atoms with van der Waals surface area (Å²) in [5.41, 5.74) is 1.68. The maximum Gasteiger partial charge on any atom is 0.234 e. The lowest BCUT2D eigenvalue weighted by atomic mass is 9.95. The molecule has 3 rings (SSSR count). The molecular formula is C19H23N5OS. The first-order chi connectivity index (χ1) is 12.7. The molecule has 26 heavy (non-hydrogen) atoms. The lowest BCUT2D eigenvalue weighted by Crippen LogP contribution is -2.17. The largest absolute Gasteiger partial charge is 0.325 e. The second-order valence-electron chi connectivity index (χ2n) is 6.56. The van der Waals surface area contributed by atoms with Crippen LogP contribution in [0.2, 0.25) is 0 Å². The Morgan fingerprint density at radius 1 is 1.27 bits per heavy atom. The molecule has 7 heteroatoms. The van der Waals surface area contributed by atoms with Gasteiger partial charge in [0.05, 0.1) is 18.2 Å². The van der Waals surface area contributed by atoms with Gasteiger partial charge in [-0.15, -0.1) is 10.2 Å². The molecule has 2 aromatic rings. The highest BCUT2D eigenvalue weighted by atomic mass is 32.2. The molecular weight excluding hydrogens is 346 g/mol. The fourth-order valence-corrected chi connectivity index (χ4v) is 4.18. The number of carbonyl (C=O) groups is 1. The number of nitriles is 1. The molecule has 1 N–H and O–H groups in total. The van der Waals surface area contributed by atoms with Crippen LogP contribution in [0, 0.1) is 18.3 Å². The number of thioether (sulfide) groups is 1. The SMILES string of the molecule is Cc1nnc(SCC(=O)Nc2ccc(CC#N)cc2)n1C1CCCCC1. The van der Waals surface area contributed by atoms with Gasteiger partial charge in [-0.1, -0.05) is 43.2 Å². The Kier molecular flexibility index (Phi) is 6.29. The summed E-state index contributed by atoms with van der Waals surface area (Å²) in [4.78, 5) is 12.2. The quantitative estimate of drug-likeness (QED) is 0.781. The minimum absolute atomic E-state index is 0.0705. The smallest absolute Gasteiger partial charge is 0.234 e. The van der Waals surface area contributed by atoms with Crippen LogP contribution < -0.4 is 5.32 Å². The molecule has 1 aromatic heterocycles. The second-order valence-corrected chi connectivity index (χ2v) is 7.50. The van der Waals surface area contributed by atoms with E-state index < -0.39 is 0 Å². The van der Waals surface area contributed by atoms with Crippen molar-refractivity contribution in [2.45, 2.75) is 56.6 Å². The Bertz CT molecular complexity index is 787. The molecule has 0 atom stereocenters. The zero-order valence-corrected chi connectivity index (χ0v) is 15.8. The molecule has 6 nitrogen and oxygen atoms in total. The number of rotatable bonds is 6. The summed E-state index contributed by atoms with van der Waals surface area (Å²) in [6.45, 7) is 1.98. The number of aryl methyl sites for hydroxylation is 1. The predicted molar refractivity (Wildman–Crippen MR) is 102 cm³/mol. The molecule has 1 aromatic carbocycles. The van der Waals surface area contributed by atoms with Crippen LogP contribution >= 0.6 is 11.8 Å². The van der Waals surface area contributed by atoms with Gasteiger partial charge >= 0.3 is 0 Å². The van der Waals surface area contributed by atoms with Gasteiger partial charge in [0.1, 0.15) is 5.82 Å². The first kappa shape index (κ1) is 18.5. The van der Waals surface area contributed by atoms with E-state index in [4.69, 9.17) is 5.26 Å². The lowest BCUT2D eigenvalue weighted by Gasteiger charge is -2.24. The number of aromatic nitrogens is 3. The van der Waals surface area contributed by atoms with Crippen molar-refractivity contribution in [3.8, 4) is 6.07 Å². The zero-order chi connectivity index (χ0) is 18.4. The van der Waals surface area contributed by atoms with Gasteiger partial charge in [-0.2, -0.15) is 5.26 Å². The Morgan fingerprint density at radius 2 is 2.00 bits per heavy atom.